The van der Waals surface area contributed by atoms with Crippen LogP contribution in [0.5, 0.6) is 5.75 Å². The average Bonchev–Trinajstić information content (AvgIpc) is 2.75. The van der Waals surface area contributed by atoms with Gasteiger partial charge in [-0.1, -0.05) is 40.5 Å². The molecule has 0 saturated heterocycles. The lowest BCUT2D eigenvalue weighted by Gasteiger charge is -2.14. The van der Waals surface area contributed by atoms with Gasteiger partial charge in [0.25, 0.3) is 5.91 Å². The van der Waals surface area contributed by atoms with Gasteiger partial charge in [-0.05, 0) is 63.4 Å². The third-order valence-corrected chi connectivity index (χ3v) is 5.33. The van der Waals surface area contributed by atoms with E-state index < -0.39 is 11.8 Å². The maximum atomic E-state index is 12.5. The van der Waals surface area contributed by atoms with Crippen molar-refractivity contribution in [2.24, 2.45) is 5.10 Å². The lowest BCUT2D eigenvalue weighted by atomic mass is 10.1. The second-order valence-corrected chi connectivity index (χ2v) is 8.69. The van der Waals surface area contributed by atoms with Crippen molar-refractivity contribution in [3.63, 3.8) is 0 Å². The monoisotopic (exact) mass is 516 g/mol. The minimum Gasteiger partial charge on any atom is -0.483 e. The van der Waals surface area contributed by atoms with E-state index >= 15 is 0 Å². The van der Waals surface area contributed by atoms with Crippen LogP contribution in [0.2, 0.25) is 0 Å². The lowest BCUT2D eigenvalue weighted by molar-refractivity contribution is -0.139. The van der Waals surface area contributed by atoms with Crippen LogP contribution in [0.4, 0.5) is 5.69 Å². The number of hydrogen-bond acceptors (Lipinski definition) is 5. The minimum absolute atomic E-state index is 0.115. The molecule has 0 aliphatic carbocycles. The molecule has 0 aliphatic rings. The molecular weight excluding hydrogens is 488 g/mol. The predicted molar refractivity (Wildman–Crippen MR) is 133 cm³/mol. The predicted octanol–water partition coefficient (Wildman–Crippen LogP) is 3.76. The number of hydrazone groups is 1. The first-order valence-electron chi connectivity index (χ1n) is 10.5. The van der Waals surface area contributed by atoms with E-state index in [0.717, 1.165) is 26.9 Å². The van der Waals surface area contributed by atoms with E-state index in [4.69, 9.17) is 4.74 Å². The molecule has 0 bridgehead atoms. The van der Waals surface area contributed by atoms with E-state index in [0.29, 0.717) is 17.7 Å². The minimum atomic E-state index is -0.868. The standard InChI is InChI=1S/C24H29BrN4O4/c1-6-17(5)27-23(31)24(32)29-26-12-18-11-19(25)7-8-20(18)33-13-21(30)28-22-15(3)9-14(2)10-16(22)4/h7-12,17H,6,13H2,1-5H3,(H,27,31)(H,28,30)(H,29,32)/b26-12-/t17-/m1/s1. The van der Waals surface area contributed by atoms with E-state index in [2.05, 4.69) is 37.1 Å². The van der Waals surface area contributed by atoms with Crippen molar-refractivity contribution in [2.45, 2.75) is 47.1 Å². The molecule has 9 heteroatoms. The van der Waals surface area contributed by atoms with Crippen molar-refractivity contribution in [1.29, 1.82) is 0 Å². The quantitative estimate of drug-likeness (QED) is 0.282. The smallest absolute Gasteiger partial charge is 0.329 e. The summed E-state index contributed by atoms with van der Waals surface area (Å²) >= 11 is 3.37. The summed E-state index contributed by atoms with van der Waals surface area (Å²) in [4.78, 5) is 36.1. The number of aryl methyl sites for hydroxylation is 3. The fraction of sp³-hybridized carbons (Fsp3) is 0.333. The van der Waals surface area contributed by atoms with Crippen molar-refractivity contribution in [2.75, 3.05) is 11.9 Å². The number of hydrogen-bond donors (Lipinski definition) is 3. The summed E-state index contributed by atoms with van der Waals surface area (Å²) < 4.78 is 6.44. The van der Waals surface area contributed by atoms with Crippen LogP contribution in [-0.2, 0) is 14.4 Å². The molecule has 2 aromatic rings. The van der Waals surface area contributed by atoms with Crippen LogP contribution in [0.25, 0.3) is 0 Å². The summed E-state index contributed by atoms with van der Waals surface area (Å²) in [5.74, 6) is -1.53. The summed E-state index contributed by atoms with van der Waals surface area (Å²) in [5.41, 5.74) is 6.56. The van der Waals surface area contributed by atoms with Crippen molar-refractivity contribution in [1.82, 2.24) is 10.7 Å². The van der Waals surface area contributed by atoms with E-state index in [1.165, 1.54) is 6.21 Å². The van der Waals surface area contributed by atoms with Crippen LogP contribution in [0.1, 0.15) is 42.5 Å². The van der Waals surface area contributed by atoms with Crippen LogP contribution in [0, 0.1) is 20.8 Å². The first kappa shape index (κ1) is 26.1. The van der Waals surface area contributed by atoms with Gasteiger partial charge in [-0.15, -0.1) is 0 Å². The molecule has 176 valence electrons. The zero-order valence-electron chi connectivity index (χ0n) is 19.4. The van der Waals surface area contributed by atoms with Gasteiger partial charge in [0.05, 0.1) is 6.21 Å². The molecule has 0 unspecified atom stereocenters. The molecule has 8 nitrogen and oxygen atoms in total. The topological polar surface area (TPSA) is 109 Å². The van der Waals surface area contributed by atoms with Crippen molar-refractivity contribution in [3.8, 4) is 5.75 Å². The average molecular weight is 517 g/mol. The highest BCUT2D eigenvalue weighted by Crippen LogP contribution is 2.23. The molecule has 3 amide bonds. The Labute approximate surface area is 202 Å². The second-order valence-electron chi connectivity index (χ2n) is 7.77. The zero-order valence-corrected chi connectivity index (χ0v) is 21.0. The van der Waals surface area contributed by atoms with Crippen LogP contribution in [0.15, 0.2) is 39.9 Å². The van der Waals surface area contributed by atoms with Gasteiger partial charge >= 0.3 is 11.8 Å². The maximum absolute atomic E-state index is 12.5. The summed E-state index contributed by atoms with van der Waals surface area (Å²) in [6.45, 7) is 9.38. The number of rotatable bonds is 8. The molecule has 0 aromatic heterocycles. The Morgan fingerprint density at radius 2 is 1.76 bits per heavy atom. The van der Waals surface area contributed by atoms with Crippen LogP contribution in [-0.4, -0.2) is 36.6 Å². The van der Waals surface area contributed by atoms with Crippen molar-refractivity contribution in [3.05, 3.63) is 57.1 Å². The van der Waals surface area contributed by atoms with E-state index in [9.17, 15) is 14.4 Å². The molecule has 2 rings (SSSR count). The lowest BCUT2D eigenvalue weighted by Crippen LogP contribution is -2.41. The summed E-state index contributed by atoms with van der Waals surface area (Å²) in [7, 11) is 0. The normalized spacial score (nSPS) is 11.7. The maximum Gasteiger partial charge on any atom is 0.329 e. The highest BCUT2D eigenvalue weighted by molar-refractivity contribution is 9.10. The number of nitrogens with one attached hydrogen (secondary N) is 3. The van der Waals surface area contributed by atoms with E-state index in [1.54, 1.807) is 25.1 Å². The molecule has 3 N–H and O–H groups in total. The first-order valence-corrected chi connectivity index (χ1v) is 11.3. The van der Waals surface area contributed by atoms with Crippen LogP contribution < -0.4 is 20.8 Å². The van der Waals surface area contributed by atoms with Gasteiger partial charge in [0, 0.05) is 21.8 Å². The molecule has 0 aliphatic heterocycles. The fourth-order valence-electron chi connectivity index (χ4n) is 3.05. The highest BCUT2D eigenvalue weighted by atomic mass is 79.9. The van der Waals surface area contributed by atoms with Crippen molar-refractivity contribution >= 4 is 45.6 Å². The molecular formula is C24H29BrN4O4. The van der Waals surface area contributed by atoms with Crippen LogP contribution in [0.3, 0.4) is 0 Å². The number of amides is 3. The van der Waals surface area contributed by atoms with Gasteiger partial charge in [0.15, 0.2) is 6.61 Å². The van der Waals surface area contributed by atoms with Gasteiger partial charge < -0.3 is 15.4 Å². The molecule has 1 atom stereocenters. The van der Waals surface area contributed by atoms with E-state index in [-0.39, 0.29) is 18.6 Å². The van der Waals surface area contributed by atoms with Gasteiger partial charge in [-0.2, -0.15) is 5.10 Å². The number of halogens is 1. The molecule has 0 heterocycles. The summed E-state index contributed by atoms with van der Waals surface area (Å²) in [6.07, 6.45) is 2.05. The number of carbonyl (C=O) groups is 3. The number of nitrogens with zero attached hydrogens (tertiary/aromatic N) is 1. The number of anilines is 1. The zero-order chi connectivity index (χ0) is 24.5. The SMILES string of the molecule is CC[C@@H](C)NC(=O)C(=O)N/N=C\c1cc(Br)ccc1OCC(=O)Nc1c(C)cc(C)cc1C. The fourth-order valence-corrected chi connectivity index (χ4v) is 3.43. The van der Waals surface area contributed by atoms with Gasteiger partial charge in [-0.25, -0.2) is 5.43 Å². The number of benzene rings is 2. The Balaban J connectivity index is 2.02. The van der Waals surface area contributed by atoms with Crippen molar-refractivity contribution < 1.29 is 19.1 Å². The molecule has 0 saturated carbocycles. The Bertz CT molecular complexity index is 1050. The van der Waals surface area contributed by atoms with Gasteiger partial charge in [0.1, 0.15) is 5.75 Å². The summed E-state index contributed by atoms with van der Waals surface area (Å²) in [5, 5.41) is 9.29. The van der Waals surface area contributed by atoms with Crippen LogP contribution >= 0.6 is 15.9 Å². The number of carbonyl (C=O) groups excluding carboxylic acids is 3. The Kier molecular flexibility index (Phi) is 9.59. The molecule has 2 aromatic carbocycles. The van der Waals surface area contributed by atoms with E-state index in [1.807, 2.05) is 39.8 Å². The first-order chi connectivity index (χ1) is 15.6. The second kappa shape index (κ2) is 12.2. The number of ether oxygens (including phenoxy) is 1. The molecule has 0 fully saturated rings. The Morgan fingerprint density at radius 3 is 2.39 bits per heavy atom. The Morgan fingerprint density at radius 1 is 1.09 bits per heavy atom. The third-order valence-electron chi connectivity index (χ3n) is 4.84. The molecule has 0 radical (unpaired) electrons. The Hall–Kier alpha value is -3.20. The summed E-state index contributed by atoms with van der Waals surface area (Å²) in [6, 6.07) is 9.05. The third kappa shape index (κ3) is 8.02. The van der Waals surface area contributed by atoms with Gasteiger partial charge in [0.2, 0.25) is 0 Å². The highest BCUT2D eigenvalue weighted by Gasteiger charge is 2.15. The molecule has 33 heavy (non-hydrogen) atoms. The van der Waals surface area contributed by atoms with Gasteiger partial charge in [-0.3, -0.25) is 14.4 Å². The molecule has 0 spiro atoms. The largest absolute Gasteiger partial charge is 0.483 e.